The van der Waals surface area contributed by atoms with Gasteiger partial charge in [-0.05, 0) is 79.8 Å². The number of fused-ring (bicyclic) bond motifs is 1. The van der Waals surface area contributed by atoms with Crippen LogP contribution in [0.3, 0.4) is 0 Å². The number of nitrogens with zero attached hydrogens (tertiary/aromatic N) is 3. The topological polar surface area (TPSA) is 144 Å². The summed E-state index contributed by atoms with van der Waals surface area (Å²) < 4.78 is 5.30. The molecule has 3 aromatic carbocycles. The molecule has 0 unspecified atom stereocenters. The number of benzene rings is 3. The lowest BCUT2D eigenvalue weighted by atomic mass is 9.76. The summed E-state index contributed by atoms with van der Waals surface area (Å²) in [4.78, 5) is 76.9. The van der Waals surface area contributed by atoms with Crippen molar-refractivity contribution in [1.29, 1.82) is 0 Å². The fourth-order valence-corrected chi connectivity index (χ4v) is 5.96. The zero-order valence-electron chi connectivity index (χ0n) is 23.3. The second-order valence-electron chi connectivity index (χ2n) is 10.7. The van der Waals surface area contributed by atoms with Crippen LogP contribution in [0.4, 0.5) is 5.69 Å². The maximum atomic E-state index is 13.8. The number of carbonyl (C=O) groups excluding carboxylic acids is 5. The Balaban J connectivity index is 1.37. The molecule has 2 fully saturated rings. The molecular weight excluding hydrogens is 613 g/mol. The summed E-state index contributed by atoms with van der Waals surface area (Å²) in [5.41, 5.74) is -0.0203. The molecule has 2 aliphatic rings. The predicted octanol–water partition coefficient (Wildman–Crippen LogP) is 5.78. The van der Waals surface area contributed by atoms with E-state index in [2.05, 4.69) is 0 Å². The van der Waals surface area contributed by atoms with Crippen molar-refractivity contribution in [2.24, 2.45) is 17.8 Å². The first-order chi connectivity index (χ1) is 20.9. The Hall–Kier alpha value is -4.61. The summed E-state index contributed by atoms with van der Waals surface area (Å²) in [5, 5.41) is 12.7. The maximum Gasteiger partial charge on any atom is 0.343 e. The number of non-ortho nitro benzene ring substituents is 1. The highest BCUT2D eigenvalue weighted by atomic mass is 35.5. The second-order valence-corrected chi connectivity index (χ2v) is 11.6. The fourth-order valence-electron chi connectivity index (χ4n) is 5.47. The molecule has 11 nitrogen and oxygen atoms in total. The molecule has 1 aliphatic heterocycles. The van der Waals surface area contributed by atoms with Gasteiger partial charge in [0.25, 0.3) is 23.4 Å². The average Bonchev–Trinajstić information content (AvgIpc) is 3.24. The van der Waals surface area contributed by atoms with E-state index in [1.54, 1.807) is 0 Å². The van der Waals surface area contributed by atoms with Crippen LogP contribution in [-0.4, -0.2) is 51.0 Å². The highest BCUT2D eigenvalue weighted by Crippen LogP contribution is 2.41. The number of ketones is 1. The summed E-state index contributed by atoms with van der Waals surface area (Å²) in [7, 11) is 0. The van der Waals surface area contributed by atoms with Crippen LogP contribution < -0.4 is 4.74 Å². The molecule has 0 bridgehead atoms. The van der Waals surface area contributed by atoms with Gasteiger partial charge in [-0.25, -0.2) is 9.80 Å². The summed E-state index contributed by atoms with van der Waals surface area (Å²) in [6.45, 7) is 1.36. The summed E-state index contributed by atoms with van der Waals surface area (Å²) in [5.74, 6) is -4.08. The number of rotatable bonds is 8. The van der Waals surface area contributed by atoms with Crippen LogP contribution in [-0.2, 0) is 9.59 Å². The molecule has 3 amide bonds. The van der Waals surface area contributed by atoms with E-state index in [0.29, 0.717) is 12.8 Å². The van der Waals surface area contributed by atoms with E-state index in [1.807, 2.05) is 6.92 Å². The molecule has 1 heterocycles. The minimum absolute atomic E-state index is 0.00993. The molecular formula is C31H25Cl2N3O8. The Morgan fingerprint density at radius 3 is 2.20 bits per heavy atom. The lowest BCUT2D eigenvalue weighted by Gasteiger charge is -2.30. The van der Waals surface area contributed by atoms with Crippen LogP contribution in [0.2, 0.25) is 10.0 Å². The molecule has 44 heavy (non-hydrogen) atoms. The van der Waals surface area contributed by atoms with Crippen LogP contribution in [0.15, 0.2) is 66.7 Å². The van der Waals surface area contributed by atoms with Gasteiger partial charge in [0, 0.05) is 22.7 Å². The number of imide groups is 1. The normalized spacial score (nSPS) is 19.3. The molecule has 0 N–H and O–H groups in total. The predicted molar refractivity (Wildman–Crippen MR) is 158 cm³/mol. The lowest BCUT2D eigenvalue weighted by Crippen LogP contribution is -2.52. The summed E-state index contributed by atoms with van der Waals surface area (Å²) in [6.07, 6.45) is 1.78. The zero-order chi connectivity index (χ0) is 31.7. The Morgan fingerprint density at radius 2 is 1.57 bits per heavy atom. The molecule has 5 rings (SSSR count). The van der Waals surface area contributed by atoms with E-state index in [1.165, 1.54) is 66.7 Å². The van der Waals surface area contributed by atoms with E-state index in [9.17, 15) is 34.1 Å². The number of amides is 3. The molecule has 3 atom stereocenters. The number of hydrazine groups is 1. The van der Waals surface area contributed by atoms with Crippen molar-refractivity contribution in [2.45, 2.75) is 26.2 Å². The van der Waals surface area contributed by atoms with Crippen molar-refractivity contribution >= 4 is 58.4 Å². The molecule has 3 aromatic rings. The smallest absolute Gasteiger partial charge is 0.343 e. The van der Waals surface area contributed by atoms with Gasteiger partial charge in [-0.3, -0.25) is 29.3 Å². The Bertz CT molecular complexity index is 1680. The molecule has 0 aromatic heterocycles. The molecule has 13 heteroatoms. The minimum atomic E-state index is -0.818. The molecule has 1 saturated heterocycles. The third-order valence-corrected chi connectivity index (χ3v) is 8.34. The monoisotopic (exact) mass is 637 g/mol. The molecule has 1 saturated carbocycles. The number of hydrogen-bond donors (Lipinski definition) is 0. The van der Waals surface area contributed by atoms with Crippen molar-refractivity contribution in [1.82, 2.24) is 10.0 Å². The number of nitro groups is 1. The van der Waals surface area contributed by atoms with E-state index in [4.69, 9.17) is 27.9 Å². The van der Waals surface area contributed by atoms with Crippen molar-refractivity contribution in [3.8, 4) is 5.75 Å². The van der Waals surface area contributed by atoms with E-state index >= 15 is 0 Å². The SMILES string of the molecule is C[C@@H]1CC[C@@H]2C(=O)N(N(CC(=O)c3ccc(OC(=O)c4ccc([N+](=O)[O-])cc4)cc3)C(=O)c3ccc(Cl)cc3Cl)C(=O)[C@@H]2C1. The van der Waals surface area contributed by atoms with E-state index < -0.39 is 52.8 Å². The molecule has 0 spiro atoms. The first kappa shape index (κ1) is 30.8. The number of esters is 1. The van der Waals surface area contributed by atoms with Gasteiger partial charge in [0.15, 0.2) is 5.78 Å². The van der Waals surface area contributed by atoms with Gasteiger partial charge < -0.3 is 4.74 Å². The standard InChI is InChI=1S/C31H25Cl2N3O8/c1-17-2-12-23-25(14-17)30(40)35(29(23)39)34(28(38)24-13-7-20(32)15-26(24)33)16-27(37)18-5-10-22(11-6-18)44-31(41)19-3-8-21(9-4-19)36(42)43/h3-11,13,15,17,23,25H,2,12,14,16H2,1H3/t17-,23+,25-/m1/s1. The molecule has 1 aliphatic carbocycles. The number of ether oxygens (including phenoxy) is 1. The third-order valence-electron chi connectivity index (χ3n) is 7.80. The molecule has 226 valence electrons. The van der Waals surface area contributed by atoms with Gasteiger partial charge in [0.2, 0.25) is 0 Å². The molecule has 0 radical (unpaired) electrons. The van der Waals surface area contributed by atoms with E-state index in [-0.39, 0.29) is 44.1 Å². The van der Waals surface area contributed by atoms with Crippen LogP contribution in [0.5, 0.6) is 5.75 Å². The van der Waals surface area contributed by atoms with Crippen LogP contribution >= 0.6 is 23.2 Å². The van der Waals surface area contributed by atoms with Crippen molar-refractivity contribution < 1.29 is 33.6 Å². The van der Waals surface area contributed by atoms with Gasteiger partial charge in [-0.2, -0.15) is 5.01 Å². The van der Waals surface area contributed by atoms with Crippen molar-refractivity contribution in [3.63, 3.8) is 0 Å². The Labute approximate surface area is 261 Å². The Kier molecular flexibility index (Phi) is 8.80. The number of Topliss-reactive ketones (excluding diaryl/α,β-unsaturated/α-hetero) is 1. The fraction of sp³-hybridized carbons (Fsp3) is 0.258. The maximum absolute atomic E-state index is 13.8. The summed E-state index contributed by atoms with van der Waals surface area (Å²) >= 11 is 12.3. The van der Waals surface area contributed by atoms with Gasteiger partial charge >= 0.3 is 5.97 Å². The van der Waals surface area contributed by atoms with Crippen molar-refractivity contribution in [2.75, 3.05) is 6.54 Å². The quantitative estimate of drug-likeness (QED) is 0.0754. The lowest BCUT2D eigenvalue weighted by molar-refractivity contribution is -0.384. The Morgan fingerprint density at radius 1 is 0.932 bits per heavy atom. The first-order valence-electron chi connectivity index (χ1n) is 13.7. The number of hydrogen-bond acceptors (Lipinski definition) is 8. The van der Waals surface area contributed by atoms with E-state index in [0.717, 1.165) is 16.4 Å². The second kappa shape index (κ2) is 12.6. The number of halogens is 2. The van der Waals surface area contributed by atoms with Gasteiger partial charge in [-0.1, -0.05) is 30.1 Å². The third kappa shape index (κ3) is 6.20. The zero-order valence-corrected chi connectivity index (χ0v) is 24.8. The van der Waals surface area contributed by atoms with Gasteiger partial charge in [-0.15, -0.1) is 0 Å². The van der Waals surface area contributed by atoms with Gasteiger partial charge in [0.1, 0.15) is 12.3 Å². The largest absolute Gasteiger partial charge is 0.423 e. The van der Waals surface area contributed by atoms with Crippen LogP contribution in [0, 0.1) is 27.9 Å². The van der Waals surface area contributed by atoms with Crippen molar-refractivity contribution in [3.05, 3.63) is 104 Å². The van der Waals surface area contributed by atoms with Crippen LogP contribution in [0.25, 0.3) is 0 Å². The number of carbonyl (C=O) groups is 5. The highest BCUT2D eigenvalue weighted by Gasteiger charge is 2.53. The highest BCUT2D eigenvalue weighted by molar-refractivity contribution is 6.36. The average molecular weight is 638 g/mol. The van der Waals surface area contributed by atoms with Gasteiger partial charge in [0.05, 0.1) is 32.9 Å². The number of nitro benzene ring substituents is 1. The first-order valence-corrected chi connectivity index (χ1v) is 14.4. The minimum Gasteiger partial charge on any atom is -0.423 e. The van der Waals surface area contributed by atoms with Crippen LogP contribution in [0.1, 0.15) is 57.3 Å². The summed E-state index contributed by atoms with van der Waals surface area (Å²) in [6, 6.07) is 14.5.